The van der Waals surface area contributed by atoms with E-state index in [2.05, 4.69) is 20.8 Å². The summed E-state index contributed by atoms with van der Waals surface area (Å²) in [6.07, 6.45) is 2.91. The number of nitrogens with zero attached hydrogens (tertiary/aromatic N) is 2. The van der Waals surface area contributed by atoms with Crippen molar-refractivity contribution in [1.82, 2.24) is 20.8 Å². The largest absolute Gasteiger partial charge is 0.355 e. The Morgan fingerprint density at radius 2 is 2.32 bits per heavy atom. The molecule has 136 valence electrons. The minimum atomic E-state index is -0.307. The molecule has 1 aliphatic heterocycles. The molecule has 0 bridgehead atoms. The van der Waals surface area contributed by atoms with Gasteiger partial charge in [0.1, 0.15) is 5.82 Å². The summed E-state index contributed by atoms with van der Waals surface area (Å²) in [7, 11) is 0. The average molecular weight is 369 g/mol. The third-order valence-corrected chi connectivity index (χ3v) is 4.17. The Morgan fingerprint density at radius 1 is 1.48 bits per heavy atom. The number of amides is 1. The van der Waals surface area contributed by atoms with Crippen LogP contribution in [0.3, 0.4) is 0 Å². The standard InChI is InChI=1S/C17H21FN4O2.ClH/c1-11-4-5-12(9-14(11)18)17-21-16(24-22-17)7-6-15(23)20-10-13-3-2-8-19-13;/h4-5,9,13,19H,2-3,6-8,10H2,1H3,(H,20,23);1H. The van der Waals surface area contributed by atoms with E-state index in [9.17, 15) is 9.18 Å². The van der Waals surface area contributed by atoms with Crippen molar-refractivity contribution in [2.45, 2.75) is 38.6 Å². The molecule has 25 heavy (non-hydrogen) atoms. The van der Waals surface area contributed by atoms with Crippen LogP contribution in [0, 0.1) is 12.7 Å². The molecule has 1 saturated heterocycles. The molecule has 1 unspecified atom stereocenters. The van der Waals surface area contributed by atoms with Crippen LogP contribution in [0.2, 0.25) is 0 Å². The minimum absolute atomic E-state index is 0. The molecule has 1 aliphatic rings. The summed E-state index contributed by atoms with van der Waals surface area (Å²) < 4.78 is 18.7. The number of aryl methyl sites for hydroxylation is 2. The molecule has 3 rings (SSSR count). The predicted octanol–water partition coefficient (Wildman–Crippen LogP) is 2.41. The number of carbonyl (C=O) groups excluding carboxylic acids is 1. The smallest absolute Gasteiger partial charge is 0.227 e. The molecule has 0 saturated carbocycles. The fourth-order valence-corrected chi connectivity index (χ4v) is 2.68. The van der Waals surface area contributed by atoms with Gasteiger partial charge < -0.3 is 15.2 Å². The van der Waals surface area contributed by atoms with Gasteiger partial charge in [0.2, 0.25) is 17.6 Å². The molecule has 0 aliphatic carbocycles. The van der Waals surface area contributed by atoms with Crippen LogP contribution in [0.4, 0.5) is 4.39 Å². The molecule has 1 atom stereocenters. The maximum absolute atomic E-state index is 13.6. The number of nitrogens with one attached hydrogen (secondary N) is 2. The van der Waals surface area contributed by atoms with E-state index >= 15 is 0 Å². The maximum Gasteiger partial charge on any atom is 0.227 e. The number of benzene rings is 1. The molecule has 1 aromatic carbocycles. The fourth-order valence-electron chi connectivity index (χ4n) is 2.68. The second-order valence-electron chi connectivity index (χ2n) is 6.07. The van der Waals surface area contributed by atoms with Gasteiger partial charge in [-0.2, -0.15) is 4.98 Å². The molecule has 8 heteroatoms. The van der Waals surface area contributed by atoms with E-state index in [1.807, 2.05) is 0 Å². The third-order valence-electron chi connectivity index (χ3n) is 4.17. The van der Waals surface area contributed by atoms with Gasteiger partial charge in [-0.05, 0) is 37.9 Å². The third kappa shape index (κ3) is 5.24. The van der Waals surface area contributed by atoms with Gasteiger partial charge in [-0.15, -0.1) is 12.4 Å². The van der Waals surface area contributed by atoms with Crippen LogP contribution >= 0.6 is 12.4 Å². The maximum atomic E-state index is 13.6. The van der Waals surface area contributed by atoms with Crippen molar-refractivity contribution < 1.29 is 13.7 Å². The van der Waals surface area contributed by atoms with E-state index in [1.165, 1.54) is 6.07 Å². The van der Waals surface area contributed by atoms with Crippen LogP contribution in [0.25, 0.3) is 11.4 Å². The van der Waals surface area contributed by atoms with E-state index in [0.717, 1.165) is 19.4 Å². The highest BCUT2D eigenvalue weighted by Gasteiger charge is 2.15. The SMILES string of the molecule is Cc1ccc(-c2noc(CCC(=O)NCC3CCCN3)n2)cc1F.Cl. The zero-order valence-electron chi connectivity index (χ0n) is 14.0. The molecule has 6 nitrogen and oxygen atoms in total. The molecule has 2 heterocycles. The highest BCUT2D eigenvalue weighted by atomic mass is 35.5. The summed E-state index contributed by atoms with van der Waals surface area (Å²) in [5.74, 6) is 0.364. The average Bonchev–Trinajstić information content (AvgIpc) is 3.25. The lowest BCUT2D eigenvalue weighted by Crippen LogP contribution is -2.37. The number of carbonyl (C=O) groups is 1. The highest BCUT2D eigenvalue weighted by molar-refractivity contribution is 5.85. The Labute approximate surface area is 152 Å². The molecule has 0 spiro atoms. The molecule has 1 fully saturated rings. The van der Waals surface area contributed by atoms with Crippen LogP contribution in [-0.4, -0.2) is 35.2 Å². The van der Waals surface area contributed by atoms with Gasteiger partial charge in [0.15, 0.2) is 0 Å². The fraction of sp³-hybridized carbons (Fsp3) is 0.471. The zero-order chi connectivity index (χ0) is 16.9. The van der Waals surface area contributed by atoms with Crippen molar-refractivity contribution >= 4 is 18.3 Å². The van der Waals surface area contributed by atoms with E-state index in [4.69, 9.17) is 4.52 Å². The van der Waals surface area contributed by atoms with Crippen LogP contribution < -0.4 is 10.6 Å². The first kappa shape index (κ1) is 19.3. The van der Waals surface area contributed by atoms with Crippen molar-refractivity contribution in [3.8, 4) is 11.4 Å². The van der Waals surface area contributed by atoms with E-state index in [-0.39, 0.29) is 30.6 Å². The first-order valence-electron chi connectivity index (χ1n) is 8.21. The first-order valence-corrected chi connectivity index (χ1v) is 8.21. The van der Waals surface area contributed by atoms with Crippen LogP contribution in [0.5, 0.6) is 0 Å². The Kier molecular flexibility index (Phi) is 6.90. The molecule has 1 aromatic heterocycles. The van der Waals surface area contributed by atoms with E-state index < -0.39 is 0 Å². The molecule has 0 radical (unpaired) electrons. The topological polar surface area (TPSA) is 80.0 Å². The number of hydrogen-bond acceptors (Lipinski definition) is 5. The van der Waals surface area contributed by atoms with Crippen molar-refractivity contribution in [2.75, 3.05) is 13.1 Å². The second-order valence-corrected chi connectivity index (χ2v) is 6.07. The van der Waals surface area contributed by atoms with Gasteiger partial charge in [-0.1, -0.05) is 17.3 Å². The summed E-state index contributed by atoms with van der Waals surface area (Å²) in [5.41, 5.74) is 1.13. The molecule has 1 amide bonds. The second kappa shape index (κ2) is 8.92. The van der Waals surface area contributed by atoms with Crippen molar-refractivity contribution in [1.29, 1.82) is 0 Å². The lowest BCUT2D eigenvalue weighted by molar-refractivity contribution is -0.121. The molecule has 2 aromatic rings. The summed E-state index contributed by atoms with van der Waals surface area (Å²) in [6.45, 7) is 3.36. The zero-order valence-corrected chi connectivity index (χ0v) is 14.9. The van der Waals surface area contributed by atoms with Crippen molar-refractivity contribution in [3.05, 3.63) is 35.5 Å². The summed E-state index contributed by atoms with van der Waals surface area (Å²) >= 11 is 0. The van der Waals surface area contributed by atoms with Gasteiger partial charge in [-0.25, -0.2) is 4.39 Å². The van der Waals surface area contributed by atoms with E-state index in [1.54, 1.807) is 19.1 Å². The van der Waals surface area contributed by atoms with Gasteiger partial charge >= 0.3 is 0 Å². The van der Waals surface area contributed by atoms with Gasteiger partial charge in [0.05, 0.1) is 0 Å². The predicted molar refractivity (Wildman–Crippen MR) is 94.0 cm³/mol. The van der Waals surface area contributed by atoms with Gasteiger partial charge in [0, 0.05) is 31.0 Å². The number of rotatable bonds is 6. The van der Waals surface area contributed by atoms with Crippen molar-refractivity contribution in [2.24, 2.45) is 0 Å². The minimum Gasteiger partial charge on any atom is -0.355 e. The molecule has 2 N–H and O–H groups in total. The summed E-state index contributed by atoms with van der Waals surface area (Å²) in [5, 5.41) is 10.1. The normalized spacial score (nSPS) is 16.5. The number of halogens is 2. The summed E-state index contributed by atoms with van der Waals surface area (Å²) in [4.78, 5) is 16.1. The Hall–Kier alpha value is -1.99. The highest BCUT2D eigenvalue weighted by Crippen LogP contribution is 2.19. The van der Waals surface area contributed by atoms with Crippen LogP contribution in [0.15, 0.2) is 22.7 Å². The van der Waals surface area contributed by atoms with Gasteiger partial charge in [0.25, 0.3) is 0 Å². The Bertz CT molecular complexity index is 716. The van der Waals surface area contributed by atoms with Crippen molar-refractivity contribution in [3.63, 3.8) is 0 Å². The first-order chi connectivity index (χ1) is 11.6. The number of hydrogen-bond donors (Lipinski definition) is 2. The quantitative estimate of drug-likeness (QED) is 0.818. The van der Waals surface area contributed by atoms with Crippen LogP contribution in [-0.2, 0) is 11.2 Å². The number of aromatic nitrogens is 2. The lowest BCUT2D eigenvalue weighted by atomic mass is 10.1. The van der Waals surface area contributed by atoms with Gasteiger partial charge in [-0.3, -0.25) is 4.79 Å². The lowest BCUT2D eigenvalue weighted by Gasteiger charge is -2.10. The Morgan fingerprint density at radius 3 is 3.04 bits per heavy atom. The van der Waals surface area contributed by atoms with E-state index in [0.29, 0.717) is 41.8 Å². The van der Waals surface area contributed by atoms with Crippen LogP contribution in [0.1, 0.15) is 30.7 Å². The summed E-state index contributed by atoms with van der Waals surface area (Å²) in [6, 6.07) is 5.17. The molecular formula is C17H22ClFN4O2. The monoisotopic (exact) mass is 368 g/mol. The molecular weight excluding hydrogens is 347 g/mol. The Balaban J connectivity index is 0.00000225.